The molecule has 34 heavy (non-hydrogen) atoms. The van der Waals surface area contributed by atoms with E-state index in [0.29, 0.717) is 11.4 Å². The molecule has 0 radical (unpaired) electrons. The minimum atomic E-state index is -2.10. The topological polar surface area (TPSA) is 93.1 Å². The van der Waals surface area contributed by atoms with Crippen molar-refractivity contribution in [1.29, 1.82) is 0 Å². The van der Waals surface area contributed by atoms with Crippen molar-refractivity contribution in [2.24, 2.45) is 0 Å². The molecule has 0 fully saturated rings. The highest BCUT2D eigenvalue weighted by Crippen LogP contribution is 2.29. The number of carbonyl (C=O) groups excluding carboxylic acids is 2. The molecule has 0 aliphatic rings. The van der Waals surface area contributed by atoms with Crippen LogP contribution in [0.15, 0.2) is 42.5 Å². The number of esters is 2. The summed E-state index contributed by atoms with van der Waals surface area (Å²) in [6.07, 6.45) is 3.17. The lowest BCUT2D eigenvalue weighted by Gasteiger charge is -2.26. The Kier molecular flexibility index (Phi) is 11.0. The molecule has 0 amide bonds. The maximum absolute atomic E-state index is 11.9. The highest BCUT2D eigenvalue weighted by molar-refractivity contribution is 6.30. The van der Waals surface area contributed by atoms with Gasteiger partial charge in [-0.15, -0.1) is 0 Å². The highest BCUT2D eigenvalue weighted by Gasteiger charge is 2.41. The van der Waals surface area contributed by atoms with E-state index in [-0.39, 0.29) is 6.42 Å². The minimum Gasteiger partial charge on any atom is -0.469 e. The molecule has 0 bridgehead atoms. The number of aliphatic hydroxyl groups excluding tert-OH is 1. The fraction of sp³-hybridized carbons (Fsp3) is 0.481. The molecule has 0 heterocycles. The first-order valence-corrected chi connectivity index (χ1v) is 12.0. The molecule has 2 aromatic carbocycles. The van der Waals surface area contributed by atoms with Gasteiger partial charge in [0, 0.05) is 11.4 Å². The number of aliphatic hydroxyl groups is 2. The minimum absolute atomic E-state index is 0.278. The third-order valence-corrected chi connectivity index (χ3v) is 6.21. The molecule has 0 spiro atoms. The Bertz CT molecular complexity index is 943. The molecule has 7 heteroatoms. The van der Waals surface area contributed by atoms with E-state index in [2.05, 4.69) is 46.7 Å². The number of benzene rings is 2. The Morgan fingerprint density at radius 3 is 2.32 bits per heavy atom. The molecule has 2 N–H and O–H groups in total. The van der Waals surface area contributed by atoms with Crippen molar-refractivity contribution in [3.63, 3.8) is 0 Å². The van der Waals surface area contributed by atoms with Gasteiger partial charge in [0.15, 0.2) is 5.60 Å². The van der Waals surface area contributed by atoms with Crippen LogP contribution >= 0.6 is 11.6 Å². The second-order valence-electron chi connectivity index (χ2n) is 8.75. The predicted octanol–water partition coefficient (Wildman–Crippen LogP) is 5.03. The summed E-state index contributed by atoms with van der Waals surface area (Å²) < 4.78 is 9.14. The number of hydrogen-bond acceptors (Lipinski definition) is 6. The largest absolute Gasteiger partial charge is 0.469 e. The highest BCUT2D eigenvalue weighted by atomic mass is 35.5. The van der Waals surface area contributed by atoms with Crippen LogP contribution in [0.2, 0.25) is 5.02 Å². The third-order valence-electron chi connectivity index (χ3n) is 5.97. The number of hydrogen-bond donors (Lipinski definition) is 2. The molecule has 2 unspecified atom stereocenters. The van der Waals surface area contributed by atoms with Crippen molar-refractivity contribution in [1.82, 2.24) is 0 Å². The van der Waals surface area contributed by atoms with E-state index in [4.69, 9.17) is 11.6 Å². The summed E-state index contributed by atoms with van der Waals surface area (Å²) in [5, 5.41) is 21.6. The lowest BCUT2D eigenvalue weighted by atomic mass is 9.90. The summed E-state index contributed by atoms with van der Waals surface area (Å²) in [4.78, 5) is 23.5. The molecule has 0 saturated heterocycles. The fourth-order valence-corrected chi connectivity index (χ4v) is 4.21. The number of rotatable bonds is 13. The van der Waals surface area contributed by atoms with Crippen molar-refractivity contribution < 1.29 is 29.3 Å². The Balaban J connectivity index is 1.82. The van der Waals surface area contributed by atoms with Crippen molar-refractivity contribution in [2.45, 2.75) is 70.0 Å². The van der Waals surface area contributed by atoms with Crippen LogP contribution in [0, 0.1) is 6.92 Å². The van der Waals surface area contributed by atoms with Crippen LogP contribution in [0.4, 0.5) is 0 Å². The number of ether oxygens (including phenoxy) is 2. The first-order valence-electron chi connectivity index (χ1n) is 11.6. The maximum atomic E-state index is 11.9. The van der Waals surface area contributed by atoms with Gasteiger partial charge < -0.3 is 19.7 Å². The summed E-state index contributed by atoms with van der Waals surface area (Å²) in [6, 6.07) is 14.4. The number of unbranched alkanes of at least 4 members (excludes halogenated alkanes) is 3. The van der Waals surface area contributed by atoms with Crippen molar-refractivity contribution in [2.75, 3.05) is 14.2 Å². The van der Waals surface area contributed by atoms with E-state index in [1.807, 2.05) is 12.1 Å². The smallest absolute Gasteiger partial charge is 0.338 e. The first kappa shape index (κ1) is 27.8. The first-order chi connectivity index (χ1) is 16.2. The predicted molar refractivity (Wildman–Crippen MR) is 133 cm³/mol. The second-order valence-corrected chi connectivity index (χ2v) is 9.19. The van der Waals surface area contributed by atoms with Gasteiger partial charge in [-0.3, -0.25) is 4.79 Å². The van der Waals surface area contributed by atoms with Crippen molar-refractivity contribution in [3.8, 4) is 11.1 Å². The van der Waals surface area contributed by atoms with Gasteiger partial charge in [0.1, 0.15) is 0 Å². The van der Waals surface area contributed by atoms with Gasteiger partial charge in [0.25, 0.3) is 0 Å². The zero-order valence-electron chi connectivity index (χ0n) is 20.2. The molecular formula is C27H35ClO6. The van der Waals surface area contributed by atoms with Gasteiger partial charge in [-0.25, -0.2) is 4.79 Å². The van der Waals surface area contributed by atoms with E-state index in [1.54, 1.807) is 0 Å². The van der Waals surface area contributed by atoms with Crippen molar-refractivity contribution >= 4 is 23.5 Å². The molecule has 2 rings (SSSR count). The van der Waals surface area contributed by atoms with Gasteiger partial charge in [-0.2, -0.15) is 0 Å². The SMILES string of the molecule is COC(=O)CC(O)(CC(O)CCCCCCc1ccc(Cl)cc1-c1ccc(C)cc1)C(=O)OC. The quantitative estimate of drug-likeness (QED) is 0.302. The monoisotopic (exact) mass is 490 g/mol. The van der Waals surface area contributed by atoms with Gasteiger partial charge in [-0.05, 0) is 55.0 Å². The van der Waals surface area contributed by atoms with Crippen LogP contribution < -0.4 is 0 Å². The third kappa shape index (κ3) is 8.42. The summed E-state index contributed by atoms with van der Waals surface area (Å²) >= 11 is 6.24. The average molecular weight is 491 g/mol. The van der Waals surface area contributed by atoms with E-state index >= 15 is 0 Å². The molecular weight excluding hydrogens is 456 g/mol. The van der Waals surface area contributed by atoms with Gasteiger partial charge in [0.2, 0.25) is 0 Å². The van der Waals surface area contributed by atoms with Crippen LogP contribution in [0.25, 0.3) is 11.1 Å². The van der Waals surface area contributed by atoms with E-state index in [1.165, 1.54) is 18.2 Å². The Morgan fingerprint density at radius 2 is 1.68 bits per heavy atom. The van der Waals surface area contributed by atoms with Crippen LogP contribution in [0.5, 0.6) is 0 Å². The molecule has 0 aliphatic heterocycles. The number of halogens is 1. The Morgan fingerprint density at radius 1 is 1.00 bits per heavy atom. The fourth-order valence-electron chi connectivity index (χ4n) is 4.04. The van der Waals surface area contributed by atoms with Crippen LogP contribution in [-0.4, -0.2) is 48.1 Å². The normalized spacial score (nSPS) is 13.7. The standard InChI is InChI=1S/C27H35ClO6/c1-19-10-12-21(13-11-19)24-16-22(28)15-14-20(24)8-6-4-5-7-9-23(29)17-27(32,26(31)34-3)18-25(30)33-2/h10-16,23,29,32H,4-9,17-18H2,1-3H3. The molecule has 6 nitrogen and oxygen atoms in total. The van der Waals surface area contributed by atoms with Gasteiger partial charge >= 0.3 is 11.9 Å². The number of carbonyl (C=O) groups is 2. The lowest BCUT2D eigenvalue weighted by Crippen LogP contribution is -2.44. The van der Waals surface area contributed by atoms with E-state index in [9.17, 15) is 19.8 Å². The molecule has 0 aromatic heterocycles. The van der Waals surface area contributed by atoms with Gasteiger partial charge in [-0.1, -0.05) is 66.8 Å². The summed E-state index contributed by atoms with van der Waals surface area (Å²) in [5.74, 6) is -1.70. The molecule has 186 valence electrons. The Hall–Kier alpha value is -2.41. The molecule has 2 atom stereocenters. The summed E-state index contributed by atoms with van der Waals surface area (Å²) in [7, 11) is 2.30. The second kappa shape index (κ2) is 13.5. The lowest BCUT2D eigenvalue weighted by molar-refractivity contribution is -0.172. The van der Waals surface area contributed by atoms with E-state index in [0.717, 1.165) is 50.3 Å². The molecule has 0 saturated carbocycles. The maximum Gasteiger partial charge on any atom is 0.338 e. The summed E-state index contributed by atoms with van der Waals surface area (Å²) in [6.45, 7) is 2.06. The zero-order chi connectivity index (χ0) is 25.1. The zero-order valence-corrected chi connectivity index (χ0v) is 20.9. The van der Waals surface area contributed by atoms with Crippen LogP contribution in [0.3, 0.4) is 0 Å². The molecule has 0 aliphatic carbocycles. The van der Waals surface area contributed by atoms with Crippen LogP contribution in [0.1, 0.15) is 56.1 Å². The average Bonchev–Trinajstić information content (AvgIpc) is 2.81. The molecule has 2 aromatic rings. The van der Waals surface area contributed by atoms with Crippen molar-refractivity contribution in [3.05, 3.63) is 58.6 Å². The number of methoxy groups -OCH3 is 2. The van der Waals surface area contributed by atoms with E-state index < -0.39 is 30.1 Å². The Labute approximate surface area is 206 Å². The van der Waals surface area contributed by atoms with Gasteiger partial charge in [0.05, 0.1) is 26.7 Å². The summed E-state index contributed by atoms with van der Waals surface area (Å²) in [5.41, 5.74) is 2.67. The van der Waals surface area contributed by atoms with Crippen LogP contribution in [-0.2, 0) is 25.5 Å². The number of aryl methyl sites for hydroxylation is 2.